The summed E-state index contributed by atoms with van der Waals surface area (Å²) in [6.45, 7) is 8.96. The molecule has 0 N–H and O–H groups in total. The molecule has 0 saturated heterocycles. The molecule has 0 aliphatic heterocycles. The quantitative estimate of drug-likeness (QED) is 0.372. The van der Waals surface area contributed by atoms with Crippen LogP contribution in [0.15, 0.2) is 9.08 Å². The Kier molecular flexibility index (Phi) is 8.55. The van der Waals surface area contributed by atoms with Crippen LogP contribution in [0.25, 0.3) is 0 Å². The lowest BCUT2D eigenvalue weighted by atomic mass is 9.89. The van der Waals surface area contributed by atoms with E-state index in [-0.39, 0.29) is 5.54 Å². The highest BCUT2D eigenvalue weighted by molar-refractivity contribution is 9.13. The van der Waals surface area contributed by atoms with Gasteiger partial charge in [0, 0.05) is 0 Å². The van der Waals surface area contributed by atoms with Crippen molar-refractivity contribution in [2.75, 3.05) is 0 Å². The van der Waals surface area contributed by atoms with E-state index in [9.17, 15) is 0 Å². The third-order valence-corrected chi connectivity index (χ3v) is 6.55. The lowest BCUT2D eigenvalue weighted by Gasteiger charge is -2.31. The Bertz CT molecular complexity index is 429. The van der Waals surface area contributed by atoms with E-state index in [0.717, 1.165) is 14.8 Å². The minimum Gasteiger partial charge on any atom is -0.251 e. The Morgan fingerprint density at radius 3 is 2.05 bits per heavy atom. The zero-order chi connectivity index (χ0) is 15.9. The average Bonchev–Trinajstić information content (AvgIpc) is 2.73. The van der Waals surface area contributed by atoms with Crippen LogP contribution in [-0.2, 0) is 5.54 Å². The highest BCUT2D eigenvalue weighted by Crippen LogP contribution is 2.36. The summed E-state index contributed by atoms with van der Waals surface area (Å²) < 4.78 is 4.39. The third kappa shape index (κ3) is 5.38. The summed E-state index contributed by atoms with van der Waals surface area (Å²) in [6, 6.07) is 0. The van der Waals surface area contributed by atoms with E-state index in [4.69, 9.17) is 5.10 Å². The van der Waals surface area contributed by atoms with Gasteiger partial charge < -0.3 is 0 Å². The molecule has 0 aliphatic rings. The molecule has 4 heteroatoms. The van der Waals surface area contributed by atoms with Crippen molar-refractivity contribution in [3.63, 3.8) is 0 Å². The fourth-order valence-electron chi connectivity index (χ4n) is 2.84. The summed E-state index contributed by atoms with van der Waals surface area (Å²) in [5, 5.41) is 4.77. The van der Waals surface area contributed by atoms with Crippen molar-refractivity contribution in [2.24, 2.45) is 0 Å². The predicted molar refractivity (Wildman–Crippen MR) is 98.9 cm³/mol. The van der Waals surface area contributed by atoms with Gasteiger partial charge in [-0.1, -0.05) is 58.8 Å². The standard InChI is InChI=1S/C17H30Br2N2/c1-5-7-9-10-11-13-17(4,12-8-6-2)21-16(19)15(18)14(3)20-21/h5-13H2,1-4H3. The second-order valence-corrected chi connectivity index (χ2v) is 7.91. The van der Waals surface area contributed by atoms with E-state index in [0.29, 0.717) is 0 Å². The van der Waals surface area contributed by atoms with E-state index in [2.05, 4.69) is 64.2 Å². The number of aryl methyl sites for hydroxylation is 1. The second-order valence-electron chi connectivity index (χ2n) is 6.37. The fraction of sp³-hybridized carbons (Fsp3) is 0.824. The Morgan fingerprint density at radius 2 is 1.52 bits per heavy atom. The molecule has 0 amide bonds. The highest BCUT2D eigenvalue weighted by atomic mass is 79.9. The Balaban J connectivity index is 2.79. The first-order chi connectivity index (χ1) is 9.96. The number of rotatable bonds is 10. The van der Waals surface area contributed by atoms with Gasteiger partial charge >= 0.3 is 0 Å². The van der Waals surface area contributed by atoms with Crippen molar-refractivity contribution in [3.8, 4) is 0 Å². The molecule has 1 unspecified atom stereocenters. The van der Waals surface area contributed by atoms with Crippen molar-refractivity contribution in [1.29, 1.82) is 0 Å². The number of hydrogen-bond acceptors (Lipinski definition) is 1. The molecule has 21 heavy (non-hydrogen) atoms. The van der Waals surface area contributed by atoms with Crippen LogP contribution in [0.5, 0.6) is 0 Å². The SMILES string of the molecule is CCCCCCCC(C)(CCCC)n1nc(C)c(Br)c1Br. The first-order valence-electron chi connectivity index (χ1n) is 8.37. The summed E-state index contributed by atoms with van der Waals surface area (Å²) in [4.78, 5) is 0. The molecule has 1 atom stereocenters. The summed E-state index contributed by atoms with van der Waals surface area (Å²) in [5.41, 5.74) is 1.19. The van der Waals surface area contributed by atoms with Crippen molar-refractivity contribution >= 4 is 31.9 Å². The maximum atomic E-state index is 4.77. The first kappa shape index (κ1) is 19.2. The minimum atomic E-state index is 0.123. The van der Waals surface area contributed by atoms with Gasteiger partial charge in [0.05, 0.1) is 15.7 Å². The number of unbranched alkanes of at least 4 members (excludes halogenated alkanes) is 5. The van der Waals surface area contributed by atoms with Gasteiger partial charge in [-0.05, 0) is 58.5 Å². The highest BCUT2D eigenvalue weighted by Gasteiger charge is 2.29. The van der Waals surface area contributed by atoms with Crippen molar-refractivity contribution in [1.82, 2.24) is 9.78 Å². The summed E-state index contributed by atoms with van der Waals surface area (Å²) in [6.07, 6.45) is 11.6. The van der Waals surface area contributed by atoms with Crippen LogP contribution >= 0.6 is 31.9 Å². The maximum absolute atomic E-state index is 4.77. The van der Waals surface area contributed by atoms with Crippen molar-refractivity contribution in [2.45, 2.75) is 91.0 Å². The second kappa shape index (κ2) is 9.34. The normalized spacial score (nSPS) is 14.4. The van der Waals surface area contributed by atoms with Crippen LogP contribution < -0.4 is 0 Å². The zero-order valence-electron chi connectivity index (χ0n) is 14.0. The Labute approximate surface area is 147 Å². The molecule has 2 nitrogen and oxygen atoms in total. The van der Waals surface area contributed by atoms with Crippen LogP contribution in [0.1, 0.15) is 84.3 Å². The molecule has 1 aromatic rings. The summed E-state index contributed by atoms with van der Waals surface area (Å²) in [5.74, 6) is 0. The summed E-state index contributed by atoms with van der Waals surface area (Å²) >= 11 is 7.35. The van der Waals surface area contributed by atoms with E-state index in [1.807, 2.05) is 0 Å². The van der Waals surface area contributed by atoms with Gasteiger partial charge in [-0.25, -0.2) is 0 Å². The van der Waals surface area contributed by atoms with Gasteiger partial charge in [0.25, 0.3) is 0 Å². The molecule has 122 valence electrons. The van der Waals surface area contributed by atoms with Gasteiger partial charge in [-0.3, -0.25) is 4.68 Å². The topological polar surface area (TPSA) is 17.8 Å². The van der Waals surface area contributed by atoms with E-state index >= 15 is 0 Å². The Morgan fingerprint density at radius 1 is 0.952 bits per heavy atom. The van der Waals surface area contributed by atoms with Gasteiger partial charge in [0.1, 0.15) is 4.60 Å². The smallest absolute Gasteiger partial charge is 0.119 e. The van der Waals surface area contributed by atoms with Crippen molar-refractivity contribution < 1.29 is 0 Å². The van der Waals surface area contributed by atoms with E-state index < -0.39 is 0 Å². The number of nitrogens with zero attached hydrogens (tertiary/aromatic N) is 2. The Hall–Kier alpha value is 0.170. The molecule has 1 heterocycles. The molecule has 0 fully saturated rings. The minimum absolute atomic E-state index is 0.123. The van der Waals surface area contributed by atoms with Crippen LogP contribution in [-0.4, -0.2) is 9.78 Å². The molecular formula is C17H30Br2N2. The number of aromatic nitrogens is 2. The lowest BCUT2D eigenvalue weighted by molar-refractivity contribution is 0.224. The zero-order valence-corrected chi connectivity index (χ0v) is 17.2. The number of hydrogen-bond donors (Lipinski definition) is 0. The molecule has 0 radical (unpaired) electrons. The van der Waals surface area contributed by atoms with Crippen LogP contribution in [0.2, 0.25) is 0 Å². The van der Waals surface area contributed by atoms with Gasteiger partial charge in [0.15, 0.2) is 0 Å². The molecule has 1 rings (SSSR count). The van der Waals surface area contributed by atoms with Crippen LogP contribution in [0.3, 0.4) is 0 Å². The van der Waals surface area contributed by atoms with E-state index in [1.54, 1.807) is 0 Å². The van der Waals surface area contributed by atoms with Crippen LogP contribution in [0, 0.1) is 6.92 Å². The molecular weight excluding hydrogens is 392 g/mol. The van der Waals surface area contributed by atoms with Gasteiger partial charge in [-0.15, -0.1) is 0 Å². The lowest BCUT2D eigenvalue weighted by Crippen LogP contribution is -2.31. The predicted octanol–water partition coefficient (Wildman–Crippen LogP) is 6.98. The monoisotopic (exact) mass is 420 g/mol. The molecule has 0 bridgehead atoms. The van der Waals surface area contributed by atoms with Gasteiger partial charge in [-0.2, -0.15) is 5.10 Å². The molecule has 1 aromatic heterocycles. The fourth-order valence-corrected chi connectivity index (χ4v) is 3.88. The molecule has 0 saturated carbocycles. The van der Waals surface area contributed by atoms with Gasteiger partial charge in [0.2, 0.25) is 0 Å². The third-order valence-electron chi connectivity index (χ3n) is 4.33. The average molecular weight is 422 g/mol. The van der Waals surface area contributed by atoms with Crippen LogP contribution in [0.4, 0.5) is 0 Å². The largest absolute Gasteiger partial charge is 0.251 e. The maximum Gasteiger partial charge on any atom is 0.119 e. The van der Waals surface area contributed by atoms with E-state index in [1.165, 1.54) is 57.8 Å². The summed E-state index contributed by atoms with van der Waals surface area (Å²) in [7, 11) is 0. The molecule has 0 spiro atoms. The molecule has 0 aliphatic carbocycles. The molecule has 0 aromatic carbocycles. The van der Waals surface area contributed by atoms with Crippen molar-refractivity contribution in [3.05, 3.63) is 14.8 Å². The first-order valence-corrected chi connectivity index (χ1v) is 9.96. The number of halogens is 2.